The van der Waals surface area contributed by atoms with Crippen molar-refractivity contribution in [3.63, 3.8) is 0 Å². The number of halogens is 1. The van der Waals surface area contributed by atoms with Gasteiger partial charge in [0, 0.05) is 44.1 Å². The number of hydrogen-bond donors (Lipinski definition) is 0. The summed E-state index contributed by atoms with van der Waals surface area (Å²) >= 11 is 0. The second kappa shape index (κ2) is 7.12. The Hall–Kier alpha value is -1.95. The van der Waals surface area contributed by atoms with Crippen LogP contribution in [0, 0.1) is 18.2 Å². The predicted molar refractivity (Wildman–Crippen MR) is 91.8 cm³/mol. The van der Waals surface area contributed by atoms with Crippen LogP contribution in [0.3, 0.4) is 0 Å². The van der Waals surface area contributed by atoms with E-state index in [1.807, 2.05) is 4.90 Å². The zero-order valence-electron chi connectivity index (χ0n) is 14.9. The minimum Gasteiger partial charge on any atom is -0.379 e. The van der Waals surface area contributed by atoms with Crippen LogP contribution in [0.4, 0.5) is 4.39 Å². The molecule has 25 heavy (non-hydrogen) atoms. The van der Waals surface area contributed by atoms with Crippen molar-refractivity contribution < 1.29 is 18.7 Å². The van der Waals surface area contributed by atoms with Crippen LogP contribution in [0.2, 0.25) is 0 Å². The molecule has 2 heterocycles. The molecule has 2 aliphatic heterocycles. The number of nitrogens with zero attached hydrogens (tertiary/aromatic N) is 2. The third-order valence-corrected chi connectivity index (χ3v) is 5.42. The number of carbonyl (C=O) groups excluding carboxylic acids is 2. The first-order valence-corrected chi connectivity index (χ1v) is 8.79. The molecule has 0 atom stereocenters. The molecule has 1 spiro atoms. The zero-order chi connectivity index (χ0) is 18.0. The van der Waals surface area contributed by atoms with E-state index in [-0.39, 0.29) is 23.0 Å². The lowest BCUT2D eigenvalue weighted by Crippen LogP contribution is -2.49. The molecule has 0 aromatic heterocycles. The van der Waals surface area contributed by atoms with Gasteiger partial charge in [0.1, 0.15) is 5.82 Å². The molecular weight excluding hydrogens is 323 g/mol. The van der Waals surface area contributed by atoms with Crippen LogP contribution >= 0.6 is 0 Å². The molecular formula is C19H25FN2O3. The standard InChI is InChI=1S/C19H25FN2O3/c1-14-3-4-16(11-17(14)20)18(24)21-7-5-19(6-8-21)12-22(15(2)23)9-10-25-13-19/h3-4,11H,5-10,12-13H2,1-2H3. The molecule has 136 valence electrons. The summed E-state index contributed by atoms with van der Waals surface area (Å²) in [4.78, 5) is 28.0. The minimum atomic E-state index is -0.353. The highest BCUT2D eigenvalue weighted by Gasteiger charge is 2.39. The molecule has 0 bridgehead atoms. The van der Waals surface area contributed by atoms with Gasteiger partial charge in [-0.05, 0) is 37.5 Å². The van der Waals surface area contributed by atoms with Gasteiger partial charge in [-0.3, -0.25) is 9.59 Å². The van der Waals surface area contributed by atoms with Gasteiger partial charge in [-0.2, -0.15) is 0 Å². The molecule has 0 unspecified atom stereocenters. The highest BCUT2D eigenvalue weighted by atomic mass is 19.1. The van der Waals surface area contributed by atoms with Gasteiger partial charge < -0.3 is 14.5 Å². The summed E-state index contributed by atoms with van der Waals surface area (Å²) in [5.74, 6) is -0.418. The fourth-order valence-electron chi connectivity index (χ4n) is 3.66. The van der Waals surface area contributed by atoms with Gasteiger partial charge in [-0.15, -0.1) is 0 Å². The number of rotatable bonds is 1. The number of amides is 2. The fourth-order valence-corrected chi connectivity index (χ4v) is 3.66. The number of hydrogen-bond acceptors (Lipinski definition) is 3. The van der Waals surface area contributed by atoms with Crippen molar-refractivity contribution in [2.24, 2.45) is 5.41 Å². The quantitative estimate of drug-likeness (QED) is 0.782. The lowest BCUT2D eigenvalue weighted by molar-refractivity contribution is -0.130. The number of benzene rings is 1. The van der Waals surface area contributed by atoms with Crippen molar-refractivity contribution in [3.8, 4) is 0 Å². The number of carbonyl (C=O) groups is 2. The molecule has 2 fully saturated rings. The summed E-state index contributed by atoms with van der Waals surface area (Å²) < 4.78 is 19.5. The Labute approximate surface area is 147 Å². The fraction of sp³-hybridized carbons (Fsp3) is 0.579. The summed E-state index contributed by atoms with van der Waals surface area (Å²) in [5, 5.41) is 0. The first-order chi connectivity index (χ1) is 11.9. The Morgan fingerprint density at radius 1 is 1.16 bits per heavy atom. The molecule has 2 saturated heterocycles. The second-order valence-corrected chi connectivity index (χ2v) is 7.25. The van der Waals surface area contributed by atoms with Crippen molar-refractivity contribution >= 4 is 11.8 Å². The second-order valence-electron chi connectivity index (χ2n) is 7.25. The van der Waals surface area contributed by atoms with E-state index in [0.29, 0.717) is 50.5 Å². The summed E-state index contributed by atoms with van der Waals surface area (Å²) in [6, 6.07) is 4.63. The van der Waals surface area contributed by atoms with E-state index in [0.717, 1.165) is 12.8 Å². The molecule has 2 amide bonds. The third-order valence-electron chi connectivity index (χ3n) is 5.42. The maximum absolute atomic E-state index is 13.7. The number of piperidine rings is 1. The van der Waals surface area contributed by atoms with Crippen molar-refractivity contribution in [2.45, 2.75) is 26.7 Å². The number of likely N-dealkylation sites (tertiary alicyclic amines) is 1. The van der Waals surface area contributed by atoms with Crippen molar-refractivity contribution in [3.05, 3.63) is 35.1 Å². The lowest BCUT2D eigenvalue weighted by Gasteiger charge is -2.42. The van der Waals surface area contributed by atoms with Crippen molar-refractivity contribution in [1.82, 2.24) is 9.80 Å². The molecule has 5 nitrogen and oxygen atoms in total. The van der Waals surface area contributed by atoms with E-state index in [4.69, 9.17) is 4.74 Å². The first-order valence-electron chi connectivity index (χ1n) is 8.79. The Kier molecular flexibility index (Phi) is 5.08. The average molecular weight is 348 g/mol. The van der Waals surface area contributed by atoms with Crippen LogP contribution in [-0.2, 0) is 9.53 Å². The molecule has 1 aromatic carbocycles. The largest absolute Gasteiger partial charge is 0.379 e. The van der Waals surface area contributed by atoms with Gasteiger partial charge in [0.15, 0.2) is 0 Å². The molecule has 0 radical (unpaired) electrons. The third kappa shape index (κ3) is 3.84. The van der Waals surface area contributed by atoms with E-state index in [1.54, 1.807) is 30.9 Å². The SMILES string of the molecule is CC(=O)N1CCOCC2(CCN(C(=O)c3ccc(C)c(F)c3)CC2)C1. The van der Waals surface area contributed by atoms with E-state index in [1.165, 1.54) is 6.07 Å². The zero-order valence-corrected chi connectivity index (χ0v) is 14.9. The van der Waals surface area contributed by atoms with Crippen LogP contribution in [0.15, 0.2) is 18.2 Å². The molecule has 0 N–H and O–H groups in total. The van der Waals surface area contributed by atoms with Gasteiger partial charge in [-0.25, -0.2) is 4.39 Å². The van der Waals surface area contributed by atoms with Gasteiger partial charge >= 0.3 is 0 Å². The van der Waals surface area contributed by atoms with Crippen LogP contribution in [-0.4, -0.2) is 61.0 Å². The minimum absolute atomic E-state index is 0.0681. The van der Waals surface area contributed by atoms with Gasteiger partial charge in [-0.1, -0.05) is 6.07 Å². The molecule has 0 saturated carbocycles. The molecule has 2 aliphatic rings. The molecule has 3 rings (SSSR count). The van der Waals surface area contributed by atoms with Gasteiger partial charge in [0.25, 0.3) is 5.91 Å². The van der Waals surface area contributed by atoms with E-state index in [2.05, 4.69) is 0 Å². The van der Waals surface area contributed by atoms with Gasteiger partial charge in [0.05, 0.1) is 13.2 Å². The maximum Gasteiger partial charge on any atom is 0.253 e. The summed E-state index contributed by atoms with van der Waals surface area (Å²) in [6.45, 7) is 6.97. The van der Waals surface area contributed by atoms with Crippen LogP contribution in [0.1, 0.15) is 35.7 Å². The summed E-state index contributed by atoms with van der Waals surface area (Å²) in [5.41, 5.74) is 0.841. The molecule has 0 aliphatic carbocycles. The topological polar surface area (TPSA) is 49.9 Å². The Morgan fingerprint density at radius 2 is 1.88 bits per heavy atom. The van der Waals surface area contributed by atoms with E-state index in [9.17, 15) is 14.0 Å². The van der Waals surface area contributed by atoms with Gasteiger partial charge in [0.2, 0.25) is 5.91 Å². The summed E-state index contributed by atoms with van der Waals surface area (Å²) in [7, 11) is 0. The highest BCUT2D eigenvalue weighted by Crippen LogP contribution is 2.34. The van der Waals surface area contributed by atoms with Crippen LogP contribution < -0.4 is 0 Å². The maximum atomic E-state index is 13.7. The number of aryl methyl sites for hydroxylation is 1. The highest BCUT2D eigenvalue weighted by molar-refractivity contribution is 5.94. The smallest absolute Gasteiger partial charge is 0.253 e. The summed E-state index contributed by atoms with van der Waals surface area (Å²) in [6.07, 6.45) is 1.58. The Bertz CT molecular complexity index is 669. The monoisotopic (exact) mass is 348 g/mol. The first kappa shape index (κ1) is 17.9. The van der Waals surface area contributed by atoms with Crippen molar-refractivity contribution in [1.29, 1.82) is 0 Å². The molecule has 6 heteroatoms. The van der Waals surface area contributed by atoms with Crippen LogP contribution in [0.25, 0.3) is 0 Å². The Morgan fingerprint density at radius 3 is 2.52 bits per heavy atom. The molecule has 1 aromatic rings. The van der Waals surface area contributed by atoms with E-state index < -0.39 is 0 Å². The van der Waals surface area contributed by atoms with Crippen LogP contribution in [0.5, 0.6) is 0 Å². The van der Waals surface area contributed by atoms with Crippen molar-refractivity contribution in [2.75, 3.05) is 39.4 Å². The lowest BCUT2D eigenvalue weighted by atomic mass is 9.78. The average Bonchev–Trinajstić information content (AvgIpc) is 2.80. The van der Waals surface area contributed by atoms with E-state index >= 15 is 0 Å². The predicted octanol–water partition coefficient (Wildman–Crippen LogP) is 2.24. The number of ether oxygens (including phenoxy) is 1. The Balaban J connectivity index is 1.67. The normalized spacial score (nSPS) is 20.4.